The van der Waals surface area contributed by atoms with Gasteiger partial charge in [-0.2, -0.15) is 26.3 Å². The van der Waals surface area contributed by atoms with Gasteiger partial charge in [0.15, 0.2) is 0 Å². The smallest absolute Gasteiger partial charge is 0.341 e. The van der Waals surface area contributed by atoms with Crippen LogP contribution in [0.2, 0.25) is 0 Å². The molecule has 2 atom stereocenters. The van der Waals surface area contributed by atoms with Crippen molar-refractivity contribution in [3.63, 3.8) is 0 Å². The summed E-state index contributed by atoms with van der Waals surface area (Å²) >= 11 is 0. The number of H-pyrrole nitrogens is 1. The van der Waals surface area contributed by atoms with Crippen molar-refractivity contribution in [2.75, 3.05) is 20.1 Å². The van der Waals surface area contributed by atoms with Crippen LogP contribution in [0, 0.1) is 18.7 Å². The van der Waals surface area contributed by atoms with Crippen LogP contribution in [-0.2, 0) is 35.0 Å². The van der Waals surface area contributed by atoms with E-state index in [1.807, 2.05) is 4.98 Å². The Morgan fingerprint density at radius 2 is 1.61 bits per heavy atom. The number of nitrogens with zero attached hydrogens (tertiary/aromatic N) is 3. The molecule has 2 unspecified atom stereocenters. The Kier molecular flexibility index (Phi) is 9.07. The molecule has 1 aliphatic heterocycles. The van der Waals surface area contributed by atoms with Crippen LogP contribution in [0.5, 0.6) is 0 Å². The summed E-state index contributed by atoms with van der Waals surface area (Å²) in [5, 5.41) is 0. The molecule has 0 aliphatic carbocycles. The number of aromatic amines is 1. The summed E-state index contributed by atoms with van der Waals surface area (Å²) in [7, 11) is 1.25. The summed E-state index contributed by atoms with van der Waals surface area (Å²) in [6.07, 6.45) is -8.89. The van der Waals surface area contributed by atoms with Crippen molar-refractivity contribution < 1.29 is 40.3 Å². The second-order valence-corrected chi connectivity index (χ2v) is 10.7. The van der Waals surface area contributed by atoms with Crippen molar-refractivity contribution in [1.29, 1.82) is 0 Å². The zero-order valence-corrected chi connectivity index (χ0v) is 23.4. The third-order valence-electron chi connectivity index (χ3n) is 7.56. The van der Waals surface area contributed by atoms with Gasteiger partial charge in [0.2, 0.25) is 11.8 Å². The summed E-state index contributed by atoms with van der Waals surface area (Å²) in [4.78, 5) is 54.7. The Hall–Kier alpha value is -4.43. The number of nitrogens with one attached hydrogen (secondary N) is 1. The molecule has 2 heterocycles. The van der Waals surface area contributed by atoms with Crippen LogP contribution in [-0.4, -0.2) is 51.3 Å². The van der Waals surface area contributed by atoms with Crippen molar-refractivity contribution in [2.24, 2.45) is 5.92 Å². The highest BCUT2D eigenvalue weighted by molar-refractivity contribution is 5.81. The first-order valence-electron chi connectivity index (χ1n) is 13.3. The van der Waals surface area contributed by atoms with Gasteiger partial charge < -0.3 is 9.80 Å². The molecule has 0 spiro atoms. The molecule has 2 amide bonds. The zero-order chi connectivity index (χ0) is 32.6. The van der Waals surface area contributed by atoms with Crippen LogP contribution in [0.25, 0.3) is 0 Å². The Bertz CT molecular complexity index is 1650. The van der Waals surface area contributed by atoms with Crippen molar-refractivity contribution in [3.05, 3.63) is 103 Å². The van der Waals surface area contributed by atoms with E-state index in [9.17, 15) is 49.9 Å². The maximum Gasteiger partial charge on any atom is 0.416 e. The minimum Gasteiger partial charge on any atom is -0.341 e. The number of aryl methyl sites for hydroxylation is 1. The molecule has 8 nitrogen and oxygen atoms in total. The highest BCUT2D eigenvalue weighted by Gasteiger charge is 2.40. The van der Waals surface area contributed by atoms with E-state index in [1.165, 1.54) is 30.1 Å². The summed E-state index contributed by atoms with van der Waals surface area (Å²) in [5.74, 6) is -3.22. The predicted molar refractivity (Wildman–Crippen MR) is 143 cm³/mol. The fourth-order valence-corrected chi connectivity index (χ4v) is 5.40. The highest BCUT2D eigenvalue weighted by Crippen LogP contribution is 2.38. The van der Waals surface area contributed by atoms with E-state index in [4.69, 9.17) is 0 Å². The molecule has 0 radical (unpaired) electrons. The molecule has 1 aromatic heterocycles. The number of carbonyl (C=O) groups is 2. The van der Waals surface area contributed by atoms with Crippen molar-refractivity contribution >= 4 is 11.8 Å². The summed E-state index contributed by atoms with van der Waals surface area (Å²) < 4.78 is 95.1. The van der Waals surface area contributed by atoms with Gasteiger partial charge in [-0.3, -0.25) is 23.9 Å². The lowest BCUT2D eigenvalue weighted by molar-refractivity contribution is -0.143. The summed E-state index contributed by atoms with van der Waals surface area (Å²) in [6, 6.07) is 6.06. The first-order valence-corrected chi connectivity index (χ1v) is 13.3. The van der Waals surface area contributed by atoms with Gasteiger partial charge in [-0.1, -0.05) is 6.07 Å². The van der Waals surface area contributed by atoms with Crippen molar-refractivity contribution in [2.45, 2.75) is 44.7 Å². The number of amides is 2. The fourth-order valence-electron chi connectivity index (χ4n) is 5.40. The number of hydrogen-bond donors (Lipinski definition) is 1. The largest absolute Gasteiger partial charge is 0.416 e. The van der Waals surface area contributed by atoms with E-state index in [0.717, 1.165) is 21.7 Å². The van der Waals surface area contributed by atoms with Crippen LogP contribution in [0.3, 0.4) is 0 Å². The minimum atomic E-state index is -5.05. The molecular formula is C29H27F7N4O4. The van der Waals surface area contributed by atoms with Crippen molar-refractivity contribution in [3.8, 4) is 0 Å². The Morgan fingerprint density at radius 3 is 2.18 bits per heavy atom. The second kappa shape index (κ2) is 12.3. The summed E-state index contributed by atoms with van der Waals surface area (Å²) in [6.45, 7) is 0.621. The standard InChI is InChI=1S/C29H27F7N4O4/c1-16-9-20(30)3-4-21(16)23-14-39(25(42)15-40-8-6-24(41)37-27(40)44)7-5-22(23)26(43)38(2)13-17-10-18(28(31,32)33)12-19(11-17)29(34,35)36/h3-4,6,8-12,22-23H,5,7,13-15H2,1-2H3,(H,37,41,44). The van der Waals surface area contributed by atoms with E-state index < -0.39 is 77.3 Å². The first kappa shape index (κ1) is 32.5. The van der Waals surface area contributed by atoms with Crippen LogP contribution >= 0.6 is 0 Å². The number of rotatable bonds is 6. The number of carbonyl (C=O) groups excluding carboxylic acids is 2. The molecule has 0 saturated carbocycles. The fraction of sp³-hybridized carbons (Fsp3) is 0.379. The van der Waals surface area contributed by atoms with E-state index in [0.29, 0.717) is 23.3 Å². The lowest BCUT2D eigenvalue weighted by atomic mass is 9.78. The van der Waals surface area contributed by atoms with Crippen LogP contribution in [0.1, 0.15) is 40.2 Å². The average Bonchev–Trinajstić information content (AvgIpc) is 2.92. The maximum absolute atomic E-state index is 13.9. The maximum atomic E-state index is 13.9. The molecule has 44 heavy (non-hydrogen) atoms. The number of alkyl halides is 6. The molecular weight excluding hydrogens is 601 g/mol. The molecule has 4 rings (SSSR count). The average molecular weight is 629 g/mol. The number of piperidine rings is 1. The van der Waals surface area contributed by atoms with Gasteiger partial charge in [0, 0.05) is 50.8 Å². The van der Waals surface area contributed by atoms with Gasteiger partial charge >= 0.3 is 18.0 Å². The molecule has 1 fully saturated rings. The molecule has 1 aliphatic rings. The number of hydrogen-bond acceptors (Lipinski definition) is 4. The van der Waals surface area contributed by atoms with Gasteiger partial charge in [-0.05, 0) is 60.4 Å². The molecule has 0 bridgehead atoms. The Balaban J connectivity index is 1.61. The van der Waals surface area contributed by atoms with Crippen molar-refractivity contribution in [1.82, 2.24) is 19.4 Å². The quantitative estimate of drug-likeness (QED) is 0.412. The SMILES string of the molecule is Cc1cc(F)ccc1C1CN(C(=O)Cn2ccc(=O)[nH]c2=O)CCC1C(=O)N(C)Cc1cc(C(F)(F)F)cc(C(F)(F)F)c1. The van der Waals surface area contributed by atoms with Crippen LogP contribution < -0.4 is 11.2 Å². The number of aromatic nitrogens is 2. The number of likely N-dealkylation sites (tertiary alicyclic amines) is 1. The van der Waals surface area contributed by atoms with E-state index >= 15 is 0 Å². The molecule has 2 aromatic carbocycles. The monoisotopic (exact) mass is 628 g/mol. The lowest BCUT2D eigenvalue weighted by Gasteiger charge is -2.40. The number of benzene rings is 2. The van der Waals surface area contributed by atoms with Crippen LogP contribution in [0.15, 0.2) is 58.3 Å². The third-order valence-corrected chi connectivity index (χ3v) is 7.56. The highest BCUT2D eigenvalue weighted by atomic mass is 19.4. The lowest BCUT2D eigenvalue weighted by Crippen LogP contribution is -2.49. The molecule has 236 valence electrons. The van der Waals surface area contributed by atoms with Crippen LogP contribution in [0.4, 0.5) is 30.7 Å². The molecule has 15 heteroatoms. The van der Waals surface area contributed by atoms with Gasteiger partial charge in [0.25, 0.3) is 5.56 Å². The predicted octanol–water partition coefficient (Wildman–Crippen LogP) is 4.31. The topological polar surface area (TPSA) is 95.5 Å². The van der Waals surface area contributed by atoms with Gasteiger partial charge in [0.1, 0.15) is 12.4 Å². The second-order valence-electron chi connectivity index (χ2n) is 10.7. The van der Waals surface area contributed by atoms with E-state index in [1.54, 1.807) is 6.92 Å². The zero-order valence-electron chi connectivity index (χ0n) is 23.4. The summed E-state index contributed by atoms with van der Waals surface area (Å²) in [5.41, 5.74) is -3.84. The first-order chi connectivity index (χ1) is 20.4. The van der Waals surface area contributed by atoms with Gasteiger partial charge in [0.05, 0.1) is 11.1 Å². The normalized spacial score (nSPS) is 17.4. The van der Waals surface area contributed by atoms with E-state index in [-0.39, 0.29) is 31.1 Å². The van der Waals surface area contributed by atoms with Gasteiger partial charge in [-0.25, -0.2) is 9.18 Å². The minimum absolute atomic E-state index is 0.00652. The Morgan fingerprint density at radius 1 is 0.977 bits per heavy atom. The third kappa shape index (κ3) is 7.37. The number of halogens is 7. The molecule has 1 N–H and O–H groups in total. The Labute approximate surface area is 245 Å². The molecule has 1 saturated heterocycles. The van der Waals surface area contributed by atoms with Gasteiger partial charge in [-0.15, -0.1) is 0 Å². The van der Waals surface area contributed by atoms with E-state index in [2.05, 4.69) is 0 Å². The molecule has 3 aromatic rings.